The van der Waals surface area contributed by atoms with Crippen molar-refractivity contribution in [3.8, 4) is 11.5 Å². The average molecular weight is 438 g/mol. The molecule has 0 amide bonds. The van der Waals surface area contributed by atoms with E-state index in [1.54, 1.807) is 48.9 Å². The number of nitrogens with zero attached hydrogens (tertiary/aromatic N) is 3. The SMILES string of the molecule is CCOC(=O)C1=C(C)Nc2ncnn2[C@@H]1c1ccc(OCc2ccccc2F)c(OC)c1. The Morgan fingerprint density at radius 1 is 1.22 bits per heavy atom. The van der Waals surface area contributed by atoms with Gasteiger partial charge < -0.3 is 19.5 Å². The Bertz CT molecular complexity index is 1170. The van der Waals surface area contributed by atoms with Crippen LogP contribution in [0.15, 0.2) is 60.1 Å². The molecule has 0 fully saturated rings. The number of carbonyl (C=O) groups excluding carboxylic acids is 1. The van der Waals surface area contributed by atoms with Crippen molar-refractivity contribution in [3.05, 3.63) is 77.0 Å². The van der Waals surface area contributed by atoms with E-state index in [0.29, 0.717) is 34.3 Å². The molecule has 0 saturated carbocycles. The van der Waals surface area contributed by atoms with Crippen LogP contribution in [-0.2, 0) is 16.1 Å². The Balaban J connectivity index is 1.69. The van der Waals surface area contributed by atoms with Gasteiger partial charge in [0.15, 0.2) is 11.5 Å². The lowest BCUT2D eigenvalue weighted by Crippen LogP contribution is -2.29. The third-order valence-electron chi connectivity index (χ3n) is 5.13. The minimum atomic E-state index is -0.567. The monoisotopic (exact) mass is 438 g/mol. The number of anilines is 1. The van der Waals surface area contributed by atoms with Gasteiger partial charge in [0.2, 0.25) is 5.95 Å². The fourth-order valence-electron chi connectivity index (χ4n) is 3.62. The number of methoxy groups -OCH3 is 1. The summed E-state index contributed by atoms with van der Waals surface area (Å²) in [6, 6.07) is 11.2. The quantitative estimate of drug-likeness (QED) is 0.561. The van der Waals surface area contributed by atoms with Crippen LogP contribution in [0, 0.1) is 5.82 Å². The number of halogens is 1. The van der Waals surface area contributed by atoms with E-state index in [0.717, 1.165) is 5.56 Å². The minimum absolute atomic E-state index is 0.0516. The van der Waals surface area contributed by atoms with E-state index in [4.69, 9.17) is 14.2 Å². The number of ether oxygens (including phenoxy) is 3. The molecule has 1 N–H and O–H groups in total. The van der Waals surface area contributed by atoms with Crippen molar-refractivity contribution in [2.75, 3.05) is 19.0 Å². The second-order valence-electron chi connectivity index (χ2n) is 7.11. The number of allylic oxidation sites excluding steroid dienone is 1. The minimum Gasteiger partial charge on any atom is -0.493 e. The molecule has 8 nitrogen and oxygen atoms in total. The molecule has 4 rings (SSSR count). The topological polar surface area (TPSA) is 87.5 Å². The number of rotatable bonds is 7. The van der Waals surface area contributed by atoms with Crippen molar-refractivity contribution in [2.45, 2.75) is 26.5 Å². The zero-order valence-electron chi connectivity index (χ0n) is 18.0. The summed E-state index contributed by atoms with van der Waals surface area (Å²) < 4.78 is 32.2. The summed E-state index contributed by atoms with van der Waals surface area (Å²) in [6.07, 6.45) is 1.42. The Hall–Kier alpha value is -3.88. The molecule has 1 aromatic heterocycles. The van der Waals surface area contributed by atoms with Crippen LogP contribution in [0.4, 0.5) is 10.3 Å². The van der Waals surface area contributed by atoms with Crippen LogP contribution in [-0.4, -0.2) is 34.5 Å². The molecular formula is C23H23FN4O4. The summed E-state index contributed by atoms with van der Waals surface area (Å²) in [5, 5.41) is 7.38. The lowest BCUT2D eigenvalue weighted by Gasteiger charge is -2.28. The number of nitrogens with one attached hydrogen (secondary N) is 1. The summed E-state index contributed by atoms with van der Waals surface area (Å²) in [7, 11) is 1.52. The molecule has 0 spiro atoms. The zero-order chi connectivity index (χ0) is 22.7. The molecule has 0 unspecified atom stereocenters. The van der Waals surface area contributed by atoms with Gasteiger partial charge in [0, 0.05) is 11.3 Å². The molecular weight excluding hydrogens is 415 g/mol. The van der Waals surface area contributed by atoms with Gasteiger partial charge in [-0.25, -0.2) is 13.9 Å². The molecule has 1 atom stereocenters. The van der Waals surface area contributed by atoms with E-state index in [-0.39, 0.29) is 19.0 Å². The smallest absolute Gasteiger partial charge is 0.338 e. The fraction of sp³-hybridized carbons (Fsp3) is 0.261. The van der Waals surface area contributed by atoms with Gasteiger partial charge in [-0.2, -0.15) is 10.1 Å². The maximum absolute atomic E-state index is 13.9. The lowest BCUT2D eigenvalue weighted by atomic mass is 9.95. The number of benzene rings is 2. The Labute approximate surface area is 184 Å². The van der Waals surface area contributed by atoms with Gasteiger partial charge in [0.1, 0.15) is 24.8 Å². The van der Waals surface area contributed by atoms with Crippen molar-refractivity contribution < 1.29 is 23.4 Å². The first-order valence-electron chi connectivity index (χ1n) is 10.1. The van der Waals surface area contributed by atoms with Crippen LogP contribution in [0.2, 0.25) is 0 Å². The van der Waals surface area contributed by atoms with Crippen LogP contribution in [0.5, 0.6) is 11.5 Å². The predicted octanol–water partition coefficient (Wildman–Crippen LogP) is 3.86. The predicted molar refractivity (Wildman–Crippen MR) is 115 cm³/mol. The first-order chi connectivity index (χ1) is 15.5. The number of fused-ring (bicyclic) bond motifs is 1. The summed E-state index contributed by atoms with van der Waals surface area (Å²) in [5.74, 6) is 0.628. The second-order valence-corrected chi connectivity index (χ2v) is 7.11. The van der Waals surface area contributed by atoms with E-state index in [9.17, 15) is 9.18 Å². The van der Waals surface area contributed by atoms with Gasteiger partial charge in [-0.3, -0.25) is 0 Å². The Morgan fingerprint density at radius 2 is 2.03 bits per heavy atom. The highest BCUT2D eigenvalue weighted by Crippen LogP contribution is 2.39. The van der Waals surface area contributed by atoms with Crippen molar-refractivity contribution in [3.63, 3.8) is 0 Å². The summed E-state index contributed by atoms with van der Waals surface area (Å²) in [6.45, 7) is 3.85. The number of carbonyl (C=O) groups is 1. The molecule has 0 bridgehead atoms. The van der Waals surface area contributed by atoms with E-state index in [1.807, 2.05) is 6.07 Å². The molecule has 9 heteroatoms. The second kappa shape index (κ2) is 9.09. The number of hydrogen-bond donors (Lipinski definition) is 1. The highest BCUT2D eigenvalue weighted by Gasteiger charge is 2.34. The number of esters is 1. The van der Waals surface area contributed by atoms with Crippen LogP contribution in [0.1, 0.15) is 31.0 Å². The molecule has 1 aliphatic heterocycles. The van der Waals surface area contributed by atoms with E-state index < -0.39 is 12.0 Å². The normalized spacial score (nSPS) is 15.1. The van der Waals surface area contributed by atoms with Gasteiger partial charge in [-0.15, -0.1) is 0 Å². The van der Waals surface area contributed by atoms with Gasteiger partial charge >= 0.3 is 5.97 Å². The van der Waals surface area contributed by atoms with Crippen molar-refractivity contribution in [1.82, 2.24) is 14.8 Å². The fourth-order valence-corrected chi connectivity index (χ4v) is 3.62. The van der Waals surface area contributed by atoms with Gasteiger partial charge in [-0.05, 0) is 37.6 Å². The van der Waals surface area contributed by atoms with Gasteiger partial charge in [0.05, 0.1) is 19.3 Å². The summed E-state index contributed by atoms with van der Waals surface area (Å²) in [4.78, 5) is 17.0. The highest BCUT2D eigenvalue weighted by molar-refractivity contribution is 5.92. The maximum atomic E-state index is 13.9. The average Bonchev–Trinajstić information content (AvgIpc) is 3.25. The number of hydrogen-bond acceptors (Lipinski definition) is 7. The highest BCUT2D eigenvalue weighted by atomic mass is 19.1. The molecule has 2 heterocycles. The standard InChI is InChI=1S/C23H23FN4O4/c1-4-31-22(29)20-14(2)27-23-25-13-26-28(23)21(20)15-9-10-18(19(11-15)30-3)32-12-16-7-5-6-8-17(16)24/h5-11,13,21H,4,12H2,1-3H3,(H,25,26,27)/t21-/m1/s1. The molecule has 0 aliphatic carbocycles. The maximum Gasteiger partial charge on any atom is 0.338 e. The van der Waals surface area contributed by atoms with Gasteiger partial charge in [0.25, 0.3) is 0 Å². The summed E-state index contributed by atoms with van der Waals surface area (Å²) in [5.41, 5.74) is 2.22. The molecule has 166 valence electrons. The third-order valence-corrected chi connectivity index (χ3v) is 5.13. The molecule has 32 heavy (non-hydrogen) atoms. The van der Waals surface area contributed by atoms with Crippen molar-refractivity contribution in [2.24, 2.45) is 0 Å². The molecule has 0 saturated heterocycles. The van der Waals surface area contributed by atoms with E-state index in [1.165, 1.54) is 19.5 Å². The van der Waals surface area contributed by atoms with Crippen LogP contribution < -0.4 is 14.8 Å². The molecule has 0 radical (unpaired) electrons. The third kappa shape index (κ3) is 4.01. The molecule has 3 aromatic rings. The zero-order valence-corrected chi connectivity index (χ0v) is 18.0. The van der Waals surface area contributed by atoms with Crippen LogP contribution >= 0.6 is 0 Å². The number of aromatic nitrogens is 3. The molecule has 1 aliphatic rings. The Morgan fingerprint density at radius 3 is 2.78 bits per heavy atom. The largest absolute Gasteiger partial charge is 0.493 e. The Kier molecular flexibility index (Phi) is 6.07. The van der Waals surface area contributed by atoms with Crippen LogP contribution in [0.3, 0.4) is 0 Å². The van der Waals surface area contributed by atoms with Crippen molar-refractivity contribution >= 4 is 11.9 Å². The van der Waals surface area contributed by atoms with Crippen LogP contribution in [0.25, 0.3) is 0 Å². The summed E-state index contributed by atoms with van der Waals surface area (Å²) >= 11 is 0. The van der Waals surface area contributed by atoms with E-state index >= 15 is 0 Å². The van der Waals surface area contributed by atoms with E-state index in [2.05, 4.69) is 15.4 Å². The van der Waals surface area contributed by atoms with Crippen molar-refractivity contribution in [1.29, 1.82) is 0 Å². The lowest BCUT2D eigenvalue weighted by molar-refractivity contribution is -0.139. The first kappa shape index (κ1) is 21.4. The molecule has 2 aromatic carbocycles. The van der Waals surface area contributed by atoms with Gasteiger partial charge in [-0.1, -0.05) is 24.3 Å². The first-order valence-corrected chi connectivity index (χ1v) is 10.1.